The fraction of sp³-hybridized carbons (Fsp3) is 0.318. The van der Waals surface area contributed by atoms with Gasteiger partial charge in [0.2, 0.25) is 5.43 Å². The number of pyridine rings is 2. The van der Waals surface area contributed by atoms with Crippen molar-refractivity contribution in [1.29, 1.82) is 0 Å². The highest BCUT2D eigenvalue weighted by molar-refractivity contribution is 5.95. The largest absolute Gasteiger partial charge is 0.462 e. The molecule has 0 bridgehead atoms. The molecule has 0 N–H and O–H groups in total. The lowest BCUT2D eigenvalue weighted by Gasteiger charge is -2.15. The highest BCUT2D eigenvalue weighted by atomic mass is 16.5. The summed E-state index contributed by atoms with van der Waals surface area (Å²) in [5, 5.41) is 0.521. The first kappa shape index (κ1) is 18.8. The molecular weight excluding hydrogens is 340 g/mol. The molecule has 0 spiro atoms. The molecule has 0 aliphatic heterocycles. The van der Waals surface area contributed by atoms with Crippen LogP contribution >= 0.6 is 0 Å². The van der Waals surface area contributed by atoms with Gasteiger partial charge >= 0.3 is 5.97 Å². The summed E-state index contributed by atoms with van der Waals surface area (Å²) in [6.45, 7) is 10.7. The summed E-state index contributed by atoms with van der Waals surface area (Å²) in [5.74, 6) is -0.577. The van der Waals surface area contributed by atoms with Gasteiger partial charge in [-0.1, -0.05) is 6.07 Å². The molecule has 0 aliphatic rings. The van der Waals surface area contributed by atoms with Crippen molar-refractivity contribution < 1.29 is 9.53 Å². The number of carbonyl (C=O) groups excluding carboxylic acids is 1. The predicted octanol–water partition coefficient (Wildman–Crippen LogP) is 4.19. The fourth-order valence-corrected chi connectivity index (χ4v) is 3.44. The van der Waals surface area contributed by atoms with Crippen molar-refractivity contribution in [3.05, 3.63) is 63.2 Å². The molecule has 2 heterocycles. The van der Waals surface area contributed by atoms with Crippen molar-refractivity contribution in [2.24, 2.45) is 0 Å². The zero-order valence-electron chi connectivity index (χ0n) is 16.4. The summed E-state index contributed by atoms with van der Waals surface area (Å²) >= 11 is 0. The van der Waals surface area contributed by atoms with E-state index in [0.717, 1.165) is 33.5 Å². The number of carbonyl (C=O) groups is 1. The Labute approximate surface area is 158 Å². The molecule has 0 radical (unpaired) electrons. The van der Waals surface area contributed by atoms with Crippen molar-refractivity contribution in [3.63, 3.8) is 0 Å². The molecule has 140 valence electrons. The SMILES string of the molecule is CCOC(=O)c1cn(CC)c2cc(-c3c(C)cnc(C)c3C)ccc2c1=O. The average molecular weight is 364 g/mol. The Balaban J connectivity index is 2.29. The molecule has 0 atom stereocenters. The second-order valence-electron chi connectivity index (χ2n) is 6.64. The molecule has 5 heteroatoms. The minimum Gasteiger partial charge on any atom is -0.462 e. The molecular formula is C22H24N2O3. The van der Waals surface area contributed by atoms with E-state index in [1.807, 2.05) is 43.7 Å². The number of hydrogen-bond acceptors (Lipinski definition) is 4. The number of benzene rings is 1. The molecule has 0 saturated carbocycles. The van der Waals surface area contributed by atoms with E-state index in [2.05, 4.69) is 11.9 Å². The van der Waals surface area contributed by atoms with Crippen LogP contribution in [0.2, 0.25) is 0 Å². The summed E-state index contributed by atoms with van der Waals surface area (Å²) in [6.07, 6.45) is 3.47. The summed E-state index contributed by atoms with van der Waals surface area (Å²) in [4.78, 5) is 29.4. The molecule has 27 heavy (non-hydrogen) atoms. The van der Waals surface area contributed by atoms with Gasteiger partial charge in [0.15, 0.2) is 0 Å². The number of nitrogens with zero attached hydrogens (tertiary/aromatic N) is 2. The topological polar surface area (TPSA) is 61.2 Å². The Morgan fingerprint density at radius 1 is 1.19 bits per heavy atom. The van der Waals surface area contributed by atoms with Crippen LogP contribution in [0.15, 0.2) is 35.4 Å². The highest BCUT2D eigenvalue weighted by Crippen LogP contribution is 2.30. The van der Waals surface area contributed by atoms with Crippen molar-refractivity contribution in [2.75, 3.05) is 6.61 Å². The van der Waals surface area contributed by atoms with Gasteiger partial charge in [0.1, 0.15) is 5.56 Å². The van der Waals surface area contributed by atoms with E-state index in [1.165, 1.54) is 0 Å². The monoisotopic (exact) mass is 364 g/mol. The summed E-state index contributed by atoms with van der Waals surface area (Å²) in [7, 11) is 0. The maximum absolute atomic E-state index is 12.8. The molecule has 0 saturated heterocycles. The predicted molar refractivity (Wildman–Crippen MR) is 107 cm³/mol. The van der Waals surface area contributed by atoms with Crippen LogP contribution in [0.3, 0.4) is 0 Å². The number of esters is 1. The van der Waals surface area contributed by atoms with Crippen LogP contribution in [-0.4, -0.2) is 22.1 Å². The van der Waals surface area contributed by atoms with E-state index in [4.69, 9.17) is 4.74 Å². The van der Waals surface area contributed by atoms with Gasteiger partial charge < -0.3 is 9.30 Å². The van der Waals surface area contributed by atoms with Crippen molar-refractivity contribution >= 4 is 16.9 Å². The van der Waals surface area contributed by atoms with E-state index in [-0.39, 0.29) is 17.6 Å². The van der Waals surface area contributed by atoms with Gasteiger partial charge in [0.05, 0.1) is 12.1 Å². The molecule has 0 unspecified atom stereocenters. The third kappa shape index (κ3) is 3.25. The average Bonchev–Trinajstić information content (AvgIpc) is 2.65. The van der Waals surface area contributed by atoms with Gasteiger partial charge in [0.25, 0.3) is 0 Å². The van der Waals surface area contributed by atoms with E-state index in [9.17, 15) is 9.59 Å². The first-order valence-electron chi connectivity index (χ1n) is 9.16. The molecule has 2 aromatic heterocycles. The van der Waals surface area contributed by atoms with Crippen LogP contribution in [0, 0.1) is 20.8 Å². The first-order valence-corrected chi connectivity index (χ1v) is 9.16. The van der Waals surface area contributed by atoms with Crippen molar-refractivity contribution in [2.45, 2.75) is 41.2 Å². The second kappa shape index (κ2) is 7.35. The van der Waals surface area contributed by atoms with Gasteiger partial charge in [-0.2, -0.15) is 0 Å². The summed E-state index contributed by atoms with van der Waals surface area (Å²) in [6, 6.07) is 5.76. The Morgan fingerprint density at radius 2 is 1.93 bits per heavy atom. The maximum Gasteiger partial charge on any atom is 0.343 e. The van der Waals surface area contributed by atoms with Crippen molar-refractivity contribution in [1.82, 2.24) is 9.55 Å². The summed E-state index contributed by atoms with van der Waals surface area (Å²) in [5.41, 5.74) is 5.96. The van der Waals surface area contributed by atoms with Crippen LogP contribution in [-0.2, 0) is 11.3 Å². The molecule has 5 nitrogen and oxygen atoms in total. The van der Waals surface area contributed by atoms with Gasteiger partial charge in [0, 0.05) is 30.0 Å². The van der Waals surface area contributed by atoms with E-state index in [1.54, 1.807) is 19.2 Å². The Hall–Kier alpha value is -2.95. The normalized spacial score (nSPS) is 11.0. The quantitative estimate of drug-likeness (QED) is 0.652. The Kier molecular flexibility index (Phi) is 5.13. The number of aromatic nitrogens is 2. The summed E-state index contributed by atoms with van der Waals surface area (Å²) < 4.78 is 6.96. The first-order chi connectivity index (χ1) is 12.9. The number of aryl methyl sites for hydroxylation is 3. The van der Waals surface area contributed by atoms with Gasteiger partial charge in [-0.05, 0) is 69.0 Å². The third-order valence-corrected chi connectivity index (χ3v) is 4.97. The van der Waals surface area contributed by atoms with Crippen LogP contribution in [0.25, 0.3) is 22.0 Å². The number of fused-ring (bicyclic) bond motifs is 1. The lowest BCUT2D eigenvalue weighted by Crippen LogP contribution is -2.20. The molecule has 1 aromatic carbocycles. The van der Waals surface area contributed by atoms with Crippen LogP contribution in [0.5, 0.6) is 0 Å². The van der Waals surface area contributed by atoms with Crippen molar-refractivity contribution in [3.8, 4) is 11.1 Å². The lowest BCUT2D eigenvalue weighted by molar-refractivity contribution is 0.0524. The van der Waals surface area contributed by atoms with Crippen LogP contribution < -0.4 is 5.43 Å². The molecule has 3 aromatic rings. The zero-order valence-corrected chi connectivity index (χ0v) is 16.4. The zero-order chi connectivity index (χ0) is 19.7. The highest BCUT2D eigenvalue weighted by Gasteiger charge is 2.17. The third-order valence-electron chi connectivity index (χ3n) is 4.97. The molecule has 0 fully saturated rings. The Morgan fingerprint density at radius 3 is 2.59 bits per heavy atom. The van der Waals surface area contributed by atoms with E-state index in [0.29, 0.717) is 11.9 Å². The maximum atomic E-state index is 12.8. The molecule has 0 aliphatic carbocycles. The fourth-order valence-electron chi connectivity index (χ4n) is 3.44. The molecule has 0 amide bonds. The Bertz CT molecular complexity index is 1100. The minimum absolute atomic E-state index is 0.0751. The van der Waals surface area contributed by atoms with E-state index < -0.39 is 5.97 Å². The smallest absolute Gasteiger partial charge is 0.343 e. The molecule has 3 rings (SSSR count). The van der Waals surface area contributed by atoms with Gasteiger partial charge in [-0.25, -0.2) is 4.79 Å². The lowest BCUT2D eigenvalue weighted by atomic mass is 9.95. The van der Waals surface area contributed by atoms with Crippen LogP contribution in [0.1, 0.15) is 41.0 Å². The number of rotatable bonds is 4. The number of hydrogen-bond donors (Lipinski definition) is 0. The van der Waals surface area contributed by atoms with E-state index >= 15 is 0 Å². The van der Waals surface area contributed by atoms with Gasteiger partial charge in [-0.3, -0.25) is 9.78 Å². The second-order valence-corrected chi connectivity index (χ2v) is 6.64. The van der Waals surface area contributed by atoms with Gasteiger partial charge in [-0.15, -0.1) is 0 Å². The minimum atomic E-state index is -0.577. The standard InChI is InChI=1S/C22H24N2O3/c1-6-24-12-18(22(26)27-7-2)21(25)17-9-8-16(10-19(17)24)20-13(3)11-23-15(5)14(20)4/h8-12H,6-7H2,1-5H3. The number of ether oxygens (including phenoxy) is 1. The van der Waals surface area contributed by atoms with Crippen LogP contribution in [0.4, 0.5) is 0 Å².